The Morgan fingerprint density at radius 3 is 0.800 bits per heavy atom. The first-order valence-electron chi connectivity index (χ1n) is 2.45. The molecule has 0 radical (unpaired) electrons. The molecule has 0 aromatic rings. The summed E-state index contributed by atoms with van der Waals surface area (Å²) in [5.41, 5.74) is 0. The molecular formula is C4CeF6O4-2. The van der Waals surface area contributed by atoms with Gasteiger partial charge in [-0.05, 0) is 0 Å². The number of carbonyl (C=O) groups excluding carboxylic acids is 2. The summed E-state index contributed by atoms with van der Waals surface area (Å²) in [6, 6.07) is 0. The Balaban J connectivity index is -0.000000180. The minimum absolute atomic E-state index is 0. The van der Waals surface area contributed by atoms with Gasteiger partial charge < -0.3 is 19.8 Å². The first-order chi connectivity index (χ1) is 5.89. The van der Waals surface area contributed by atoms with Crippen molar-refractivity contribution in [1.29, 1.82) is 0 Å². The standard InChI is InChI=1S/2C2HF3O2.Ce/c2*3-2(4,5)1(6)7;/h2*(H,6,7);/p-2. The fourth-order valence-electron chi connectivity index (χ4n) is 0. The molecule has 0 aromatic heterocycles. The molecule has 0 aliphatic heterocycles. The molecule has 0 bridgehead atoms. The normalized spacial score (nSPS) is 10.5. The van der Waals surface area contributed by atoms with Gasteiger partial charge in [0, 0.05) is 41.7 Å². The van der Waals surface area contributed by atoms with Gasteiger partial charge in [0.25, 0.3) is 0 Å². The Morgan fingerprint density at radius 2 is 0.800 bits per heavy atom. The Morgan fingerprint density at radius 1 is 0.733 bits per heavy atom. The fourth-order valence-corrected chi connectivity index (χ4v) is 0. The number of hydrogen-bond acceptors (Lipinski definition) is 4. The molecule has 0 saturated heterocycles. The maximum absolute atomic E-state index is 10.5. The molecule has 11 heteroatoms. The molecule has 0 N–H and O–H groups in total. The van der Waals surface area contributed by atoms with E-state index in [1.807, 2.05) is 0 Å². The minimum atomic E-state index is -5.19. The first kappa shape index (κ1) is 20.3. The molecule has 0 aliphatic rings. The number of rotatable bonds is 0. The number of carbonyl (C=O) groups is 2. The summed E-state index contributed by atoms with van der Waals surface area (Å²) in [4.78, 5) is 17.6. The molecule has 0 heterocycles. The molecule has 0 unspecified atom stereocenters. The van der Waals surface area contributed by atoms with Crippen LogP contribution in [-0.2, 0) is 9.59 Å². The van der Waals surface area contributed by atoms with Crippen molar-refractivity contribution in [3.63, 3.8) is 0 Å². The average molecular weight is 366 g/mol. The Hall–Kier alpha value is -0.103. The predicted molar refractivity (Wildman–Crippen MR) is 22.1 cm³/mol. The molecule has 0 saturated carbocycles. The summed E-state index contributed by atoms with van der Waals surface area (Å²) in [6.45, 7) is 0. The third kappa shape index (κ3) is 13.9. The number of carboxylic acid groups (broad SMARTS) is 2. The van der Waals surface area contributed by atoms with Crippen LogP contribution in [0.5, 0.6) is 0 Å². The van der Waals surface area contributed by atoms with Crippen LogP contribution in [-0.4, -0.2) is 24.3 Å². The van der Waals surface area contributed by atoms with Crippen molar-refractivity contribution >= 4 is 11.9 Å². The van der Waals surface area contributed by atoms with E-state index in [1.54, 1.807) is 0 Å². The fraction of sp³-hybridized carbons (Fsp3) is 0.500. The van der Waals surface area contributed by atoms with Gasteiger partial charge in [0.1, 0.15) is 11.9 Å². The molecule has 0 aliphatic carbocycles. The van der Waals surface area contributed by atoms with E-state index in [-0.39, 0.29) is 41.7 Å². The van der Waals surface area contributed by atoms with Crippen molar-refractivity contribution < 1.29 is 87.9 Å². The summed E-state index contributed by atoms with van der Waals surface area (Å²) in [5, 5.41) is 17.6. The topological polar surface area (TPSA) is 80.3 Å². The zero-order chi connectivity index (χ0) is 12.2. The summed E-state index contributed by atoms with van der Waals surface area (Å²) in [7, 11) is 0. The van der Waals surface area contributed by atoms with Crippen molar-refractivity contribution in [2.24, 2.45) is 0 Å². The van der Waals surface area contributed by atoms with E-state index in [9.17, 15) is 26.3 Å². The van der Waals surface area contributed by atoms with Crippen molar-refractivity contribution in [2.75, 3.05) is 0 Å². The molecule has 15 heavy (non-hydrogen) atoms. The molecule has 0 aromatic carbocycles. The van der Waals surface area contributed by atoms with Crippen molar-refractivity contribution in [3.05, 3.63) is 0 Å². The SMILES string of the molecule is O=C([O-])C(F)(F)F.O=C([O-])C(F)(F)F.[Ce]. The van der Waals surface area contributed by atoms with Gasteiger partial charge in [0.2, 0.25) is 0 Å². The van der Waals surface area contributed by atoms with E-state index in [4.69, 9.17) is 19.8 Å². The van der Waals surface area contributed by atoms with Crippen LogP contribution in [0.25, 0.3) is 0 Å². The average Bonchev–Trinajstić information content (AvgIpc) is 1.83. The molecule has 0 spiro atoms. The number of aliphatic carboxylic acids is 2. The third-order valence-corrected chi connectivity index (χ3v) is 0.463. The smallest absolute Gasteiger partial charge is 0.430 e. The van der Waals surface area contributed by atoms with Crippen LogP contribution >= 0.6 is 0 Å². The van der Waals surface area contributed by atoms with Gasteiger partial charge in [-0.15, -0.1) is 0 Å². The Bertz CT molecular complexity index is 196. The quantitative estimate of drug-likeness (QED) is 0.494. The number of halogens is 6. The Labute approximate surface area is 112 Å². The van der Waals surface area contributed by atoms with Crippen LogP contribution < -0.4 is 10.2 Å². The van der Waals surface area contributed by atoms with E-state index >= 15 is 0 Å². The first-order valence-corrected chi connectivity index (χ1v) is 2.45. The van der Waals surface area contributed by atoms with E-state index < -0.39 is 24.3 Å². The third-order valence-electron chi connectivity index (χ3n) is 0.463. The number of alkyl halides is 6. The molecule has 0 amide bonds. The van der Waals surface area contributed by atoms with Gasteiger partial charge >= 0.3 is 12.4 Å². The van der Waals surface area contributed by atoms with Gasteiger partial charge in [0.15, 0.2) is 0 Å². The predicted octanol–water partition coefficient (Wildman–Crippen LogP) is -1.40. The van der Waals surface area contributed by atoms with Gasteiger partial charge in [-0.1, -0.05) is 0 Å². The molecule has 0 fully saturated rings. The van der Waals surface area contributed by atoms with Crippen LogP contribution in [0.15, 0.2) is 0 Å². The van der Waals surface area contributed by atoms with Crippen LogP contribution in [0.4, 0.5) is 26.3 Å². The van der Waals surface area contributed by atoms with E-state index in [1.165, 1.54) is 0 Å². The second-order valence-electron chi connectivity index (χ2n) is 1.57. The van der Waals surface area contributed by atoms with E-state index in [0.29, 0.717) is 0 Å². The van der Waals surface area contributed by atoms with Crippen LogP contribution in [0.3, 0.4) is 0 Å². The van der Waals surface area contributed by atoms with Gasteiger partial charge in [0.05, 0.1) is 0 Å². The zero-order valence-electron chi connectivity index (χ0n) is 6.40. The second kappa shape index (κ2) is 7.22. The molecular weight excluding hydrogens is 366 g/mol. The second-order valence-corrected chi connectivity index (χ2v) is 1.57. The minimum Gasteiger partial charge on any atom is -0.542 e. The molecule has 0 atom stereocenters. The monoisotopic (exact) mass is 366 g/mol. The zero-order valence-corrected chi connectivity index (χ0v) is 9.54. The van der Waals surface area contributed by atoms with Gasteiger partial charge in [-0.3, -0.25) is 0 Å². The van der Waals surface area contributed by atoms with Gasteiger partial charge in [-0.25, -0.2) is 0 Å². The summed E-state index contributed by atoms with van der Waals surface area (Å²) >= 11 is 0. The Kier molecular flexibility index (Phi) is 9.78. The molecule has 88 valence electrons. The summed E-state index contributed by atoms with van der Waals surface area (Å²) in [6.07, 6.45) is -10.4. The van der Waals surface area contributed by atoms with Crippen LogP contribution in [0.2, 0.25) is 0 Å². The van der Waals surface area contributed by atoms with E-state index in [2.05, 4.69) is 0 Å². The van der Waals surface area contributed by atoms with Crippen molar-refractivity contribution in [3.8, 4) is 0 Å². The largest absolute Gasteiger partial charge is 0.542 e. The maximum atomic E-state index is 10.5. The maximum Gasteiger partial charge on any atom is 0.430 e. The molecule has 4 nitrogen and oxygen atoms in total. The van der Waals surface area contributed by atoms with Crippen molar-refractivity contribution in [1.82, 2.24) is 0 Å². The van der Waals surface area contributed by atoms with E-state index in [0.717, 1.165) is 0 Å². The number of carboxylic acids is 2. The van der Waals surface area contributed by atoms with Crippen LogP contribution in [0, 0.1) is 41.7 Å². The number of hydrogen-bond donors (Lipinski definition) is 0. The summed E-state index contributed by atoms with van der Waals surface area (Å²) in [5.74, 6) is -6.01. The van der Waals surface area contributed by atoms with Crippen molar-refractivity contribution in [2.45, 2.75) is 12.4 Å². The van der Waals surface area contributed by atoms with Gasteiger partial charge in [-0.2, -0.15) is 26.3 Å². The van der Waals surface area contributed by atoms with Crippen LogP contribution in [0.1, 0.15) is 0 Å². The molecule has 0 rings (SSSR count). The summed E-state index contributed by atoms with van der Waals surface area (Å²) < 4.78 is 63.1.